The maximum Gasteiger partial charge on any atom is 0.338 e. The van der Waals surface area contributed by atoms with Gasteiger partial charge in [0.15, 0.2) is 0 Å². The molecule has 8 heteroatoms. The lowest BCUT2D eigenvalue weighted by molar-refractivity contribution is -0.384. The highest BCUT2D eigenvalue weighted by Crippen LogP contribution is 2.33. The van der Waals surface area contributed by atoms with Crippen LogP contribution in [0.15, 0.2) is 12.1 Å². The van der Waals surface area contributed by atoms with Gasteiger partial charge in [0.05, 0.1) is 35.8 Å². The standard InChI is InChI=1S/C13H15FN2O5/c1-2-8-7-21-4-3-15(8)11-5-9(13(17)18)10(14)6-12(11)16(19)20/h5-6,8H,2-4,7H2,1H3,(H,17,18). The normalized spacial score (nSPS) is 18.6. The third-order valence-corrected chi connectivity index (χ3v) is 3.50. The molecule has 114 valence electrons. The fraction of sp³-hybridized carbons (Fsp3) is 0.462. The van der Waals surface area contributed by atoms with Crippen LogP contribution in [0.25, 0.3) is 0 Å². The largest absolute Gasteiger partial charge is 0.478 e. The highest BCUT2D eigenvalue weighted by molar-refractivity contribution is 5.90. The molecule has 1 aromatic carbocycles. The molecule has 1 aliphatic heterocycles. The van der Waals surface area contributed by atoms with Crippen LogP contribution < -0.4 is 4.90 Å². The van der Waals surface area contributed by atoms with Crippen molar-refractivity contribution in [2.45, 2.75) is 19.4 Å². The zero-order valence-electron chi connectivity index (χ0n) is 11.4. The van der Waals surface area contributed by atoms with Crippen molar-refractivity contribution in [2.24, 2.45) is 0 Å². The number of halogens is 1. The van der Waals surface area contributed by atoms with Crippen LogP contribution in [0.5, 0.6) is 0 Å². The summed E-state index contributed by atoms with van der Waals surface area (Å²) in [7, 11) is 0. The van der Waals surface area contributed by atoms with Crippen LogP contribution in [-0.4, -0.2) is 41.8 Å². The molecule has 1 atom stereocenters. The van der Waals surface area contributed by atoms with Crippen LogP contribution in [0.4, 0.5) is 15.8 Å². The Morgan fingerprint density at radius 3 is 2.90 bits per heavy atom. The van der Waals surface area contributed by atoms with Crippen molar-refractivity contribution in [1.29, 1.82) is 0 Å². The Morgan fingerprint density at radius 1 is 1.62 bits per heavy atom. The molecule has 7 nitrogen and oxygen atoms in total. The quantitative estimate of drug-likeness (QED) is 0.675. The number of carboxylic acid groups (broad SMARTS) is 1. The van der Waals surface area contributed by atoms with E-state index in [1.54, 1.807) is 4.90 Å². The van der Waals surface area contributed by atoms with Gasteiger partial charge in [-0.1, -0.05) is 6.92 Å². The van der Waals surface area contributed by atoms with Gasteiger partial charge in [-0.2, -0.15) is 0 Å². The zero-order valence-corrected chi connectivity index (χ0v) is 11.4. The minimum Gasteiger partial charge on any atom is -0.478 e. The number of ether oxygens (including phenoxy) is 1. The number of hydrogen-bond donors (Lipinski definition) is 1. The number of carbonyl (C=O) groups is 1. The van der Waals surface area contributed by atoms with E-state index in [0.717, 1.165) is 6.07 Å². The second-order valence-corrected chi connectivity index (χ2v) is 4.71. The molecule has 1 aliphatic rings. The summed E-state index contributed by atoms with van der Waals surface area (Å²) in [5.74, 6) is -2.57. The molecular weight excluding hydrogens is 283 g/mol. The summed E-state index contributed by atoms with van der Waals surface area (Å²) < 4.78 is 19.0. The number of aromatic carboxylic acids is 1. The second kappa shape index (κ2) is 6.04. The maximum absolute atomic E-state index is 13.7. The zero-order chi connectivity index (χ0) is 15.6. The van der Waals surface area contributed by atoms with E-state index >= 15 is 0 Å². The summed E-state index contributed by atoms with van der Waals surface area (Å²) in [5, 5.41) is 20.1. The van der Waals surface area contributed by atoms with E-state index in [-0.39, 0.29) is 11.7 Å². The third-order valence-electron chi connectivity index (χ3n) is 3.50. The minimum atomic E-state index is -1.45. The van der Waals surface area contributed by atoms with E-state index in [4.69, 9.17) is 9.84 Å². The highest BCUT2D eigenvalue weighted by Gasteiger charge is 2.30. The van der Waals surface area contributed by atoms with Crippen molar-refractivity contribution in [3.8, 4) is 0 Å². The van der Waals surface area contributed by atoms with Crippen LogP contribution in [0.1, 0.15) is 23.7 Å². The summed E-state index contributed by atoms with van der Waals surface area (Å²) >= 11 is 0. The molecule has 1 saturated heterocycles. The highest BCUT2D eigenvalue weighted by atomic mass is 19.1. The van der Waals surface area contributed by atoms with E-state index in [1.807, 2.05) is 6.92 Å². The Labute approximate surface area is 120 Å². The van der Waals surface area contributed by atoms with Crippen LogP contribution in [0.3, 0.4) is 0 Å². The predicted molar refractivity (Wildman–Crippen MR) is 72.3 cm³/mol. The number of nitro benzene ring substituents is 1. The maximum atomic E-state index is 13.7. The molecule has 21 heavy (non-hydrogen) atoms. The van der Waals surface area contributed by atoms with Crippen LogP contribution in [-0.2, 0) is 4.74 Å². The third kappa shape index (κ3) is 2.94. The number of anilines is 1. The number of carboxylic acids is 1. The predicted octanol–water partition coefficient (Wildman–Crippen LogP) is 2.05. The van der Waals surface area contributed by atoms with Crippen LogP contribution in [0, 0.1) is 15.9 Å². The lowest BCUT2D eigenvalue weighted by atomic mass is 10.1. The lowest BCUT2D eigenvalue weighted by Crippen LogP contribution is -2.45. The molecule has 1 heterocycles. The summed E-state index contributed by atoms with van der Waals surface area (Å²) in [6, 6.07) is 1.59. The Hall–Kier alpha value is -2.22. The van der Waals surface area contributed by atoms with E-state index in [0.29, 0.717) is 32.2 Å². The van der Waals surface area contributed by atoms with Crippen LogP contribution in [0.2, 0.25) is 0 Å². The lowest BCUT2D eigenvalue weighted by Gasteiger charge is -2.36. The molecule has 1 fully saturated rings. The first-order chi connectivity index (χ1) is 9.95. The van der Waals surface area contributed by atoms with Crippen LogP contribution >= 0.6 is 0 Å². The molecule has 0 radical (unpaired) electrons. The van der Waals surface area contributed by atoms with Crippen molar-refractivity contribution >= 4 is 17.3 Å². The van der Waals surface area contributed by atoms with Gasteiger partial charge in [0, 0.05) is 6.54 Å². The molecule has 0 bridgehead atoms. The Bertz CT molecular complexity index is 578. The van der Waals surface area contributed by atoms with Gasteiger partial charge in [-0.25, -0.2) is 9.18 Å². The number of rotatable bonds is 4. The van der Waals surface area contributed by atoms with Crippen molar-refractivity contribution in [1.82, 2.24) is 0 Å². The first kappa shape index (κ1) is 15.2. The Kier molecular flexibility index (Phi) is 4.37. The SMILES string of the molecule is CCC1COCCN1c1cc(C(=O)O)c(F)cc1[N+](=O)[O-]. The molecule has 0 spiro atoms. The number of morpholine rings is 1. The van der Waals surface area contributed by atoms with Gasteiger partial charge in [0.2, 0.25) is 0 Å². The molecule has 1 aromatic rings. The Balaban J connectivity index is 2.55. The topological polar surface area (TPSA) is 92.9 Å². The number of nitro groups is 1. The van der Waals surface area contributed by atoms with Crippen molar-refractivity contribution in [2.75, 3.05) is 24.7 Å². The van der Waals surface area contributed by atoms with Gasteiger partial charge in [0.1, 0.15) is 11.5 Å². The van der Waals surface area contributed by atoms with Crippen molar-refractivity contribution in [3.05, 3.63) is 33.6 Å². The molecule has 0 aromatic heterocycles. The Morgan fingerprint density at radius 2 is 2.33 bits per heavy atom. The van der Waals surface area contributed by atoms with E-state index in [9.17, 15) is 19.3 Å². The average molecular weight is 298 g/mol. The van der Waals surface area contributed by atoms with Gasteiger partial charge in [-0.15, -0.1) is 0 Å². The van der Waals surface area contributed by atoms with Crippen molar-refractivity contribution in [3.63, 3.8) is 0 Å². The summed E-state index contributed by atoms with van der Waals surface area (Å²) in [4.78, 5) is 23.2. The van der Waals surface area contributed by atoms with E-state index in [2.05, 4.69) is 0 Å². The second-order valence-electron chi connectivity index (χ2n) is 4.71. The van der Waals surface area contributed by atoms with Gasteiger partial charge >= 0.3 is 5.97 Å². The van der Waals surface area contributed by atoms with Crippen molar-refractivity contribution < 1.29 is 24.0 Å². The summed E-state index contributed by atoms with van der Waals surface area (Å²) in [6.45, 7) is 3.07. The summed E-state index contributed by atoms with van der Waals surface area (Å²) in [6.07, 6.45) is 0.678. The molecule has 0 aliphatic carbocycles. The van der Waals surface area contributed by atoms with Gasteiger partial charge < -0.3 is 14.7 Å². The smallest absolute Gasteiger partial charge is 0.338 e. The van der Waals surface area contributed by atoms with E-state index < -0.39 is 28.0 Å². The molecular formula is C13H15FN2O5. The molecule has 1 unspecified atom stereocenters. The molecule has 0 amide bonds. The first-order valence-electron chi connectivity index (χ1n) is 6.51. The minimum absolute atomic E-state index is 0.107. The average Bonchev–Trinajstić information content (AvgIpc) is 2.46. The fourth-order valence-electron chi connectivity index (χ4n) is 2.40. The molecule has 2 rings (SSSR count). The van der Waals surface area contributed by atoms with Gasteiger partial charge in [0.25, 0.3) is 5.69 Å². The monoisotopic (exact) mass is 298 g/mol. The number of nitrogens with zero attached hydrogens (tertiary/aromatic N) is 2. The number of hydrogen-bond acceptors (Lipinski definition) is 5. The summed E-state index contributed by atoms with van der Waals surface area (Å²) in [5.41, 5.74) is -0.885. The van der Waals surface area contributed by atoms with Gasteiger partial charge in [-0.3, -0.25) is 10.1 Å². The fourth-order valence-corrected chi connectivity index (χ4v) is 2.40. The van der Waals surface area contributed by atoms with Gasteiger partial charge in [-0.05, 0) is 12.5 Å². The van der Waals surface area contributed by atoms with E-state index in [1.165, 1.54) is 0 Å². The number of benzene rings is 1. The molecule has 0 saturated carbocycles. The molecule has 1 N–H and O–H groups in total. The first-order valence-corrected chi connectivity index (χ1v) is 6.51.